The van der Waals surface area contributed by atoms with E-state index in [1.54, 1.807) is 22.5 Å². The number of carbonyl (C=O) groups excluding carboxylic acids is 1. The van der Waals surface area contributed by atoms with Gasteiger partial charge in [-0.1, -0.05) is 18.5 Å². The largest absolute Gasteiger partial charge is 0.494 e. The Morgan fingerprint density at radius 2 is 1.85 bits per heavy atom. The predicted molar refractivity (Wildman–Crippen MR) is 129 cm³/mol. The quantitative estimate of drug-likeness (QED) is 0.487. The number of carbonyl (C=O) groups is 1. The standard InChI is InChI=1S/C25H29N3O5S/c1-3-20-7-5-6-16-28(20)34(30,31)22-14-10-19(11-15-22)26-25(29)23-17-24(33-27-23)18-8-12-21(13-9-18)32-4-2/h8-15,17,20H,3-7,16H2,1-2H3,(H,26,29). The SMILES string of the molecule is CCOc1ccc(-c2cc(C(=O)Nc3ccc(S(=O)(=O)N4CCCCC4CC)cc3)no2)cc1. The molecule has 1 amide bonds. The third-order valence-electron chi connectivity index (χ3n) is 5.96. The summed E-state index contributed by atoms with van der Waals surface area (Å²) in [5.41, 5.74) is 1.37. The molecule has 2 aromatic carbocycles. The minimum absolute atomic E-state index is 0.0369. The van der Waals surface area contributed by atoms with Gasteiger partial charge in [-0.05, 0) is 74.7 Å². The lowest BCUT2D eigenvalue weighted by atomic mass is 10.0. The number of nitrogens with zero attached hydrogens (tertiary/aromatic N) is 2. The van der Waals surface area contributed by atoms with Crippen LogP contribution in [0.4, 0.5) is 5.69 Å². The van der Waals surface area contributed by atoms with Crippen LogP contribution < -0.4 is 10.1 Å². The molecule has 9 heteroatoms. The number of anilines is 1. The molecule has 0 bridgehead atoms. The molecule has 1 aliphatic rings. The molecule has 1 unspecified atom stereocenters. The van der Waals surface area contributed by atoms with Gasteiger partial charge in [0.1, 0.15) is 5.75 Å². The number of piperidine rings is 1. The molecule has 1 saturated heterocycles. The van der Waals surface area contributed by atoms with Gasteiger partial charge in [-0.25, -0.2) is 8.42 Å². The summed E-state index contributed by atoms with van der Waals surface area (Å²) in [6, 6.07) is 15.1. The maximum absolute atomic E-state index is 13.1. The fourth-order valence-corrected chi connectivity index (χ4v) is 5.91. The molecule has 8 nitrogen and oxygen atoms in total. The van der Waals surface area contributed by atoms with Crippen LogP contribution in [0.1, 0.15) is 50.0 Å². The number of aromatic nitrogens is 1. The molecule has 3 aromatic rings. The van der Waals surface area contributed by atoms with Crippen LogP contribution in [0.3, 0.4) is 0 Å². The van der Waals surface area contributed by atoms with E-state index in [2.05, 4.69) is 10.5 Å². The minimum atomic E-state index is -3.57. The van der Waals surface area contributed by atoms with Gasteiger partial charge in [-0.2, -0.15) is 4.31 Å². The summed E-state index contributed by atoms with van der Waals surface area (Å²) in [4.78, 5) is 12.9. The van der Waals surface area contributed by atoms with Gasteiger partial charge in [0.2, 0.25) is 10.0 Å². The van der Waals surface area contributed by atoms with Crippen LogP contribution in [-0.4, -0.2) is 43.0 Å². The summed E-state index contributed by atoms with van der Waals surface area (Å²) in [5, 5.41) is 6.60. The van der Waals surface area contributed by atoms with Crippen LogP contribution >= 0.6 is 0 Å². The molecule has 0 saturated carbocycles. The lowest BCUT2D eigenvalue weighted by molar-refractivity contribution is 0.101. The van der Waals surface area contributed by atoms with Gasteiger partial charge in [0.25, 0.3) is 5.91 Å². The Balaban J connectivity index is 1.43. The second-order valence-corrected chi connectivity index (χ2v) is 10.1. The van der Waals surface area contributed by atoms with Gasteiger partial charge >= 0.3 is 0 Å². The number of amides is 1. The van der Waals surface area contributed by atoms with E-state index in [-0.39, 0.29) is 16.6 Å². The van der Waals surface area contributed by atoms with Crippen molar-refractivity contribution in [3.8, 4) is 17.1 Å². The van der Waals surface area contributed by atoms with E-state index < -0.39 is 15.9 Å². The average molecular weight is 484 g/mol. The average Bonchev–Trinajstić information content (AvgIpc) is 3.36. The van der Waals surface area contributed by atoms with Crippen molar-refractivity contribution < 1.29 is 22.5 Å². The molecule has 1 N–H and O–H groups in total. The molecule has 0 spiro atoms. The normalized spacial score (nSPS) is 16.8. The fourth-order valence-electron chi connectivity index (χ4n) is 4.14. The summed E-state index contributed by atoms with van der Waals surface area (Å²) < 4.78 is 38.6. The van der Waals surface area contributed by atoms with Crippen molar-refractivity contribution in [3.63, 3.8) is 0 Å². The highest BCUT2D eigenvalue weighted by atomic mass is 32.2. The second-order valence-electron chi connectivity index (χ2n) is 8.19. The summed E-state index contributed by atoms with van der Waals surface area (Å²) in [7, 11) is -3.57. The molecule has 34 heavy (non-hydrogen) atoms. The molecule has 0 aliphatic carbocycles. The van der Waals surface area contributed by atoms with E-state index in [9.17, 15) is 13.2 Å². The zero-order valence-electron chi connectivity index (χ0n) is 19.4. The van der Waals surface area contributed by atoms with Crippen molar-refractivity contribution in [1.29, 1.82) is 0 Å². The van der Waals surface area contributed by atoms with E-state index in [0.29, 0.717) is 24.6 Å². The first-order valence-electron chi connectivity index (χ1n) is 11.6. The number of hydrogen-bond donors (Lipinski definition) is 1. The zero-order valence-corrected chi connectivity index (χ0v) is 20.2. The smallest absolute Gasteiger partial charge is 0.277 e. The summed E-state index contributed by atoms with van der Waals surface area (Å²) in [5.74, 6) is 0.764. The zero-order chi connectivity index (χ0) is 24.1. The summed E-state index contributed by atoms with van der Waals surface area (Å²) >= 11 is 0. The van der Waals surface area contributed by atoms with Crippen LogP contribution in [-0.2, 0) is 10.0 Å². The summed E-state index contributed by atoms with van der Waals surface area (Å²) in [6.45, 7) is 5.05. The highest BCUT2D eigenvalue weighted by molar-refractivity contribution is 7.89. The fraction of sp³-hybridized carbons (Fsp3) is 0.360. The van der Waals surface area contributed by atoms with E-state index in [1.807, 2.05) is 38.1 Å². The number of rotatable bonds is 8. The first kappa shape index (κ1) is 24.0. The third kappa shape index (κ3) is 5.15. The first-order chi connectivity index (χ1) is 16.4. The number of benzene rings is 2. The molecular formula is C25H29N3O5S. The number of ether oxygens (including phenoxy) is 1. The maximum atomic E-state index is 13.1. The van der Waals surface area contributed by atoms with E-state index in [1.165, 1.54) is 12.1 Å². The van der Waals surface area contributed by atoms with Crippen LogP contribution in [0, 0.1) is 0 Å². The van der Waals surface area contributed by atoms with Gasteiger partial charge in [0.05, 0.1) is 11.5 Å². The van der Waals surface area contributed by atoms with Crippen molar-refractivity contribution in [3.05, 3.63) is 60.3 Å². The molecule has 1 atom stereocenters. The molecule has 1 aliphatic heterocycles. The lowest BCUT2D eigenvalue weighted by Crippen LogP contribution is -2.43. The molecule has 180 valence electrons. The molecular weight excluding hydrogens is 454 g/mol. The first-order valence-corrected chi connectivity index (χ1v) is 13.0. The van der Waals surface area contributed by atoms with Crippen molar-refractivity contribution >= 4 is 21.6 Å². The Bertz CT molecular complexity index is 1220. The van der Waals surface area contributed by atoms with E-state index >= 15 is 0 Å². The van der Waals surface area contributed by atoms with Crippen LogP contribution in [0.2, 0.25) is 0 Å². The topological polar surface area (TPSA) is 102 Å². The number of hydrogen-bond acceptors (Lipinski definition) is 6. The van der Waals surface area contributed by atoms with Gasteiger partial charge in [-0.15, -0.1) is 0 Å². The van der Waals surface area contributed by atoms with E-state index in [4.69, 9.17) is 9.26 Å². The maximum Gasteiger partial charge on any atom is 0.277 e. The van der Waals surface area contributed by atoms with Crippen molar-refractivity contribution in [2.75, 3.05) is 18.5 Å². The Hall–Kier alpha value is -3.17. The van der Waals surface area contributed by atoms with Gasteiger partial charge in [-0.3, -0.25) is 4.79 Å². The Kier molecular flexibility index (Phi) is 7.33. The molecule has 2 heterocycles. The molecule has 1 fully saturated rings. The Labute approximate surface area is 200 Å². The van der Waals surface area contributed by atoms with Gasteiger partial charge in [0.15, 0.2) is 11.5 Å². The van der Waals surface area contributed by atoms with Crippen LogP contribution in [0.25, 0.3) is 11.3 Å². The Morgan fingerprint density at radius 3 is 2.53 bits per heavy atom. The second kappa shape index (κ2) is 10.4. The highest BCUT2D eigenvalue weighted by Gasteiger charge is 2.32. The van der Waals surface area contributed by atoms with Crippen molar-refractivity contribution in [1.82, 2.24) is 9.46 Å². The highest BCUT2D eigenvalue weighted by Crippen LogP contribution is 2.28. The van der Waals surface area contributed by atoms with E-state index in [0.717, 1.165) is 37.0 Å². The van der Waals surface area contributed by atoms with Crippen molar-refractivity contribution in [2.24, 2.45) is 0 Å². The number of sulfonamides is 1. The third-order valence-corrected chi connectivity index (χ3v) is 7.92. The predicted octanol–water partition coefficient (Wildman–Crippen LogP) is 4.95. The summed E-state index contributed by atoms with van der Waals surface area (Å²) in [6.07, 6.45) is 3.61. The van der Waals surface area contributed by atoms with Crippen LogP contribution in [0.5, 0.6) is 5.75 Å². The Morgan fingerprint density at radius 1 is 1.12 bits per heavy atom. The lowest BCUT2D eigenvalue weighted by Gasteiger charge is -2.34. The monoisotopic (exact) mass is 483 g/mol. The van der Waals surface area contributed by atoms with Gasteiger partial charge < -0.3 is 14.6 Å². The van der Waals surface area contributed by atoms with Crippen molar-refractivity contribution in [2.45, 2.75) is 50.5 Å². The minimum Gasteiger partial charge on any atom is -0.494 e. The molecule has 0 radical (unpaired) electrons. The van der Waals surface area contributed by atoms with Crippen LogP contribution in [0.15, 0.2) is 64.0 Å². The number of nitrogens with one attached hydrogen (secondary N) is 1. The molecule has 4 rings (SSSR count). The van der Waals surface area contributed by atoms with Gasteiger partial charge in [0, 0.05) is 29.9 Å². The molecule has 1 aromatic heterocycles.